The van der Waals surface area contributed by atoms with Crippen molar-refractivity contribution in [3.63, 3.8) is 0 Å². The van der Waals surface area contributed by atoms with Gasteiger partial charge in [-0.15, -0.1) is 0 Å². The number of anilines is 1. The quantitative estimate of drug-likeness (QED) is 0.942. The second-order valence-corrected chi connectivity index (χ2v) is 7.53. The van der Waals surface area contributed by atoms with Crippen molar-refractivity contribution in [2.24, 2.45) is 0 Å². The number of nitrogens with one attached hydrogen (secondary N) is 1. The Morgan fingerprint density at radius 2 is 1.59 bits per heavy atom. The van der Waals surface area contributed by atoms with E-state index in [-0.39, 0.29) is 17.7 Å². The molecule has 3 rings (SSSR count). The Balaban J connectivity index is 1.87. The highest BCUT2D eigenvalue weighted by molar-refractivity contribution is 7.94. The molecule has 1 saturated carbocycles. The number of sulfone groups is 1. The zero-order chi connectivity index (χ0) is 15.8. The van der Waals surface area contributed by atoms with E-state index in [0.29, 0.717) is 5.69 Å². The molecule has 1 fully saturated rings. The Kier molecular flexibility index (Phi) is 3.48. The predicted molar refractivity (Wildman–Crippen MR) is 80.6 cm³/mol. The van der Waals surface area contributed by atoms with Crippen LogP contribution in [-0.4, -0.2) is 19.1 Å². The maximum atomic E-state index is 12.9. The Morgan fingerprint density at radius 3 is 2.14 bits per heavy atom. The van der Waals surface area contributed by atoms with E-state index in [2.05, 4.69) is 5.32 Å². The number of carbonyl (C=O) groups is 1. The molecule has 0 radical (unpaired) electrons. The number of benzene rings is 2. The number of halogens is 1. The van der Waals surface area contributed by atoms with Crippen LogP contribution in [0.2, 0.25) is 0 Å². The third-order valence-electron chi connectivity index (χ3n) is 3.79. The molecular formula is C16H14FNO3S. The zero-order valence-corrected chi connectivity index (χ0v) is 12.4. The van der Waals surface area contributed by atoms with Crippen LogP contribution in [0.5, 0.6) is 0 Å². The van der Waals surface area contributed by atoms with Gasteiger partial charge in [0.05, 0.1) is 4.90 Å². The summed E-state index contributed by atoms with van der Waals surface area (Å²) in [5, 5.41) is 2.56. The minimum Gasteiger partial charge on any atom is -0.325 e. The van der Waals surface area contributed by atoms with Gasteiger partial charge in [-0.25, -0.2) is 12.8 Å². The molecule has 22 heavy (non-hydrogen) atoms. The highest BCUT2D eigenvalue weighted by Crippen LogP contribution is 2.47. The first-order valence-electron chi connectivity index (χ1n) is 6.82. The summed E-state index contributed by atoms with van der Waals surface area (Å²) in [6, 6.07) is 13.2. The van der Waals surface area contributed by atoms with E-state index in [1.165, 1.54) is 36.4 Å². The SMILES string of the molecule is O=C(Nc1ccc(F)cc1)C1(S(=O)(=O)c2ccccc2)CC1. The summed E-state index contributed by atoms with van der Waals surface area (Å²) >= 11 is 0. The molecule has 0 spiro atoms. The molecule has 2 aromatic carbocycles. The van der Waals surface area contributed by atoms with Gasteiger partial charge in [-0.2, -0.15) is 0 Å². The third-order valence-corrected chi connectivity index (χ3v) is 6.30. The summed E-state index contributed by atoms with van der Waals surface area (Å²) in [4.78, 5) is 12.6. The van der Waals surface area contributed by atoms with E-state index in [9.17, 15) is 17.6 Å². The lowest BCUT2D eigenvalue weighted by Crippen LogP contribution is -2.37. The molecule has 0 bridgehead atoms. The molecule has 0 unspecified atom stereocenters. The zero-order valence-electron chi connectivity index (χ0n) is 11.6. The number of amides is 1. The van der Waals surface area contributed by atoms with Crippen LogP contribution in [0.25, 0.3) is 0 Å². The third kappa shape index (κ3) is 2.39. The van der Waals surface area contributed by atoms with Crippen molar-refractivity contribution in [2.45, 2.75) is 22.5 Å². The second kappa shape index (κ2) is 5.21. The highest BCUT2D eigenvalue weighted by atomic mass is 32.2. The lowest BCUT2D eigenvalue weighted by atomic mass is 10.3. The van der Waals surface area contributed by atoms with Crippen molar-refractivity contribution in [1.82, 2.24) is 0 Å². The number of hydrogen-bond donors (Lipinski definition) is 1. The molecule has 6 heteroatoms. The van der Waals surface area contributed by atoms with Crippen LogP contribution in [0.15, 0.2) is 59.5 Å². The van der Waals surface area contributed by atoms with Crippen molar-refractivity contribution in [3.05, 3.63) is 60.4 Å². The molecule has 1 aliphatic rings. The molecular weight excluding hydrogens is 305 g/mol. The molecule has 4 nitrogen and oxygen atoms in total. The Labute approximate surface area is 127 Å². The number of carbonyl (C=O) groups excluding carboxylic acids is 1. The van der Waals surface area contributed by atoms with Gasteiger partial charge < -0.3 is 5.32 Å². The van der Waals surface area contributed by atoms with Crippen LogP contribution >= 0.6 is 0 Å². The van der Waals surface area contributed by atoms with Gasteiger partial charge in [0.25, 0.3) is 0 Å². The second-order valence-electron chi connectivity index (χ2n) is 5.27. The largest absolute Gasteiger partial charge is 0.325 e. The van der Waals surface area contributed by atoms with Crippen LogP contribution < -0.4 is 5.32 Å². The molecule has 114 valence electrons. The summed E-state index contributed by atoms with van der Waals surface area (Å²) in [5.74, 6) is -0.987. The summed E-state index contributed by atoms with van der Waals surface area (Å²) in [5.41, 5.74) is 0.376. The highest BCUT2D eigenvalue weighted by Gasteiger charge is 2.61. The normalized spacial score (nSPS) is 16.0. The minimum atomic E-state index is -3.74. The smallest absolute Gasteiger partial charge is 0.246 e. The lowest BCUT2D eigenvalue weighted by Gasteiger charge is -2.16. The first-order chi connectivity index (χ1) is 10.5. The molecule has 1 amide bonds. The topological polar surface area (TPSA) is 63.2 Å². The van der Waals surface area contributed by atoms with Gasteiger partial charge in [0.15, 0.2) is 14.6 Å². The van der Waals surface area contributed by atoms with Gasteiger partial charge >= 0.3 is 0 Å². The first kappa shape index (κ1) is 14.7. The van der Waals surface area contributed by atoms with Gasteiger partial charge in [-0.1, -0.05) is 18.2 Å². The van der Waals surface area contributed by atoms with Crippen LogP contribution in [0.4, 0.5) is 10.1 Å². The van der Waals surface area contributed by atoms with E-state index >= 15 is 0 Å². The average Bonchev–Trinajstić information content (AvgIpc) is 3.33. The van der Waals surface area contributed by atoms with Crippen molar-refractivity contribution in [1.29, 1.82) is 0 Å². The summed E-state index contributed by atoms with van der Waals surface area (Å²) < 4.78 is 36.8. The van der Waals surface area contributed by atoms with E-state index in [1.54, 1.807) is 18.2 Å². The predicted octanol–water partition coefficient (Wildman–Crippen LogP) is 2.77. The fourth-order valence-electron chi connectivity index (χ4n) is 2.33. The number of rotatable bonds is 4. The maximum absolute atomic E-state index is 12.9. The number of hydrogen-bond acceptors (Lipinski definition) is 3. The van der Waals surface area contributed by atoms with E-state index < -0.39 is 26.3 Å². The molecule has 0 aliphatic heterocycles. The lowest BCUT2D eigenvalue weighted by molar-refractivity contribution is -0.116. The van der Waals surface area contributed by atoms with Crippen molar-refractivity contribution < 1.29 is 17.6 Å². The molecule has 0 atom stereocenters. The Hall–Kier alpha value is -2.21. The first-order valence-corrected chi connectivity index (χ1v) is 8.31. The van der Waals surface area contributed by atoms with Crippen molar-refractivity contribution in [3.8, 4) is 0 Å². The molecule has 1 aliphatic carbocycles. The molecule has 0 heterocycles. The van der Waals surface area contributed by atoms with Gasteiger partial charge in [0, 0.05) is 5.69 Å². The van der Waals surface area contributed by atoms with Crippen molar-refractivity contribution >= 4 is 21.4 Å². The average molecular weight is 319 g/mol. The Morgan fingerprint density at radius 1 is 1.00 bits per heavy atom. The monoisotopic (exact) mass is 319 g/mol. The summed E-state index contributed by atoms with van der Waals surface area (Å²) in [6.45, 7) is 0. The van der Waals surface area contributed by atoms with Crippen molar-refractivity contribution in [2.75, 3.05) is 5.32 Å². The van der Waals surface area contributed by atoms with Crippen LogP contribution in [0.1, 0.15) is 12.8 Å². The van der Waals surface area contributed by atoms with E-state index in [1.807, 2.05) is 0 Å². The fourth-order valence-corrected chi connectivity index (χ4v) is 4.24. The van der Waals surface area contributed by atoms with Gasteiger partial charge in [-0.3, -0.25) is 4.79 Å². The van der Waals surface area contributed by atoms with E-state index in [4.69, 9.17) is 0 Å². The molecule has 0 aromatic heterocycles. The fraction of sp³-hybridized carbons (Fsp3) is 0.188. The Bertz CT molecular complexity index is 797. The van der Waals surface area contributed by atoms with Gasteiger partial charge in [-0.05, 0) is 49.2 Å². The van der Waals surface area contributed by atoms with E-state index in [0.717, 1.165) is 0 Å². The summed E-state index contributed by atoms with van der Waals surface area (Å²) in [7, 11) is -3.74. The summed E-state index contributed by atoms with van der Waals surface area (Å²) in [6.07, 6.45) is 0.578. The standard InChI is InChI=1S/C16H14FNO3S/c17-12-6-8-13(9-7-12)18-15(19)16(10-11-16)22(20,21)14-4-2-1-3-5-14/h1-9H,10-11H2,(H,18,19). The maximum Gasteiger partial charge on any atom is 0.246 e. The van der Waals surface area contributed by atoms with Crippen LogP contribution in [0, 0.1) is 5.82 Å². The minimum absolute atomic E-state index is 0.141. The molecule has 1 N–H and O–H groups in total. The van der Waals surface area contributed by atoms with Crippen LogP contribution in [0.3, 0.4) is 0 Å². The van der Waals surface area contributed by atoms with Gasteiger partial charge in [0.2, 0.25) is 5.91 Å². The molecule has 0 saturated heterocycles. The van der Waals surface area contributed by atoms with Gasteiger partial charge in [0.1, 0.15) is 5.82 Å². The van der Waals surface area contributed by atoms with Crippen LogP contribution in [-0.2, 0) is 14.6 Å². The molecule has 2 aromatic rings.